The second-order valence-electron chi connectivity index (χ2n) is 8.76. The lowest BCUT2D eigenvalue weighted by molar-refractivity contribution is -0.275. The minimum Gasteiger partial charge on any atom is -0.465 e. The van der Waals surface area contributed by atoms with E-state index in [9.17, 15) is 9.59 Å². The summed E-state index contributed by atoms with van der Waals surface area (Å²) in [5.74, 6) is 2.41. The van der Waals surface area contributed by atoms with Gasteiger partial charge in [-0.1, -0.05) is 0 Å². The van der Waals surface area contributed by atoms with Crippen LogP contribution in [0, 0.1) is 17.8 Å². The predicted octanol–water partition coefficient (Wildman–Crippen LogP) is 3.13. The lowest BCUT2D eigenvalue weighted by Crippen LogP contribution is -2.67. The second-order valence-corrected chi connectivity index (χ2v) is 8.76. The molecule has 7 nitrogen and oxygen atoms in total. The molecule has 0 aromatic heterocycles. The number of esters is 1. The van der Waals surface area contributed by atoms with Crippen LogP contribution >= 0.6 is 0 Å². The van der Waals surface area contributed by atoms with Gasteiger partial charge in [-0.05, 0) is 46.5 Å². The fourth-order valence-corrected chi connectivity index (χ4v) is 4.74. The maximum absolute atomic E-state index is 12.6. The summed E-state index contributed by atoms with van der Waals surface area (Å²) in [5.41, 5.74) is -2.06. The Morgan fingerprint density at radius 1 is 1.18 bits per heavy atom. The van der Waals surface area contributed by atoms with Crippen molar-refractivity contribution in [3.63, 3.8) is 0 Å². The molecule has 2 saturated heterocycles. The summed E-state index contributed by atoms with van der Waals surface area (Å²) in [5, 5.41) is 11.2. The van der Waals surface area contributed by atoms with Crippen molar-refractivity contribution in [1.29, 1.82) is 0 Å². The summed E-state index contributed by atoms with van der Waals surface area (Å²) in [7, 11) is 0. The quantitative estimate of drug-likeness (QED) is 0.485. The molecule has 1 amide bonds. The number of rotatable bonds is 9. The Bertz CT molecular complexity index is 693. The van der Waals surface area contributed by atoms with Gasteiger partial charge in [0.1, 0.15) is 0 Å². The van der Waals surface area contributed by atoms with E-state index in [2.05, 4.69) is 21.5 Å². The first-order valence-electron chi connectivity index (χ1n) is 10.2. The van der Waals surface area contributed by atoms with E-state index in [0.29, 0.717) is 38.8 Å². The molecule has 0 radical (unpaired) electrons. The third-order valence-electron chi connectivity index (χ3n) is 6.72. The smallest absolute Gasteiger partial charge is 0.314 e. The molecule has 0 aromatic rings. The third kappa shape index (κ3) is 3.80. The van der Waals surface area contributed by atoms with Gasteiger partial charge in [0.05, 0.1) is 23.2 Å². The van der Waals surface area contributed by atoms with Gasteiger partial charge < -0.3 is 14.8 Å². The summed E-state index contributed by atoms with van der Waals surface area (Å²) in [6, 6.07) is 0. The highest BCUT2D eigenvalue weighted by atomic mass is 16.6. The Morgan fingerprint density at radius 3 is 2.39 bits per heavy atom. The van der Waals surface area contributed by atoms with Crippen molar-refractivity contribution in [2.75, 3.05) is 13.2 Å². The molecule has 0 spiro atoms. The highest BCUT2D eigenvalue weighted by molar-refractivity contribution is 5.79. The van der Waals surface area contributed by atoms with Crippen molar-refractivity contribution in [2.24, 2.45) is 15.6 Å². The first-order valence-corrected chi connectivity index (χ1v) is 10.2. The number of carbonyl (C=O) groups is 2. The van der Waals surface area contributed by atoms with Crippen LogP contribution < -0.4 is 5.32 Å². The fraction of sp³-hybridized carbons (Fsp3) is 0.810. The molecule has 7 heteroatoms. The van der Waals surface area contributed by atoms with Crippen molar-refractivity contribution in [2.45, 2.75) is 89.0 Å². The van der Waals surface area contributed by atoms with E-state index in [1.165, 1.54) is 0 Å². The van der Waals surface area contributed by atoms with Crippen LogP contribution in [0.3, 0.4) is 0 Å². The molecule has 154 valence electrons. The van der Waals surface area contributed by atoms with E-state index in [1.807, 2.05) is 20.8 Å². The van der Waals surface area contributed by atoms with E-state index in [0.717, 1.165) is 25.7 Å². The molecule has 28 heavy (non-hydrogen) atoms. The standard InChI is InChI=1S/C21H31N3O4/c1-5-7-9-21(23-24-21)10-8-16(25)22-15-19-11-13-20(14-12-19,17(26)27-6-2)18(3,4)28-19/h1H,6-15H2,2-4H3,(H,22,25). The molecule has 0 aromatic carbocycles. The molecule has 3 heterocycles. The topological polar surface area (TPSA) is 89.4 Å². The summed E-state index contributed by atoms with van der Waals surface area (Å²) >= 11 is 0. The molecule has 1 saturated carbocycles. The average Bonchev–Trinajstić information content (AvgIpc) is 3.44. The zero-order valence-electron chi connectivity index (χ0n) is 17.2. The maximum Gasteiger partial charge on any atom is 0.314 e. The van der Waals surface area contributed by atoms with Crippen LogP contribution in [0.5, 0.6) is 0 Å². The number of nitrogens with one attached hydrogen (secondary N) is 1. The van der Waals surface area contributed by atoms with Crippen molar-refractivity contribution in [3.8, 4) is 12.3 Å². The molecule has 3 fully saturated rings. The number of ether oxygens (including phenoxy) is 2. The number of fused-ring (bicyclic) bond motifs is 3. The van der Waals surface area contributed by atoms with Gasteiger partial charge in [-0.15, -0.1) is 12.3 Å². The van der Waals surface area contributed by atoms with Gasteiger partial charge in [-0.25, -0.2) is 0 Å². The molecule has 4 aliphatic rings. The number of carbonyl (C=O) groups excluding carboxylic acids is 2. The average molecular weight is 389 g/mol. The van der Waals surface area contributed by atoms with Crippen LogP contribution in [0.2, 0.25) is 0 Å². The van der Waals surface area contributed by atoms with Crippen molar-refractivity contribution >= 4 is 11.9 Å². The lowest BCUT2D eigenvalue weighted by Gasteiger charge is -2.60. The summed E-state index contributed by atoms with van der Waals surface area (Å²) < 4.78 is 11.8. The summed E-state index contributed by atoms with van der Waals surface area (Å²) in [6.07, 6.45) is 10.5. The lowest BCUT2D eigenvalue weighted by atomic mass is 9.57. The van der Waals surface area contributed by atoms with Gasteiger partial charge in [-0.3, -0.25) is 9.59 Å². The Balaban J connectivity index is 1.52. The monoisotopic (exact) mass is 389 g/mol. The molecule has 1 N–H and O–H groups in total. The summed E-state index contributed by atoms with van der Waals surface area (Å²) in [4.78, 5) is 25.0. The zero-order chi connectivity index (χ0) is 20.5. The van der Waals surface area contributed by atoms with Gasteiger partial charge in [-0.2, -0.15) is 10.2 Å². The zero-order valence-corrected chi connectivity index (χ0v) is 17.2. The van der Waals surface area contributed by atoms with Gasteiger partial charge >= 0.3 is 5.97 Å². The van der Waals surface area contributed by atoms with Crippen LogP contribution in [0.15, 0.2) is 10.2 Å². The van der Waals surface area contributed by atoms with Crippen molar-refractivity contribution < 1.29 is 19.1 Å². The minimum atomic E-state index is -0.620. The van der Waals surface area contributed by atoms with Crippen LogP contribution in [0.25, 0.3) is 0 Å². The number of amides is 1. The van der Waals surface area contributed by atoms with E-state index in [1.54, 1.807) is 0 Å². The van der Waals surface area contributed by atoms with Crippen LogP contribution in [0.4, 0.5) is 0 Å². The molecule has 4 rings (SSSR count). The Hall–Kier alpha value is -1.94. The molecule has 2 bridgehead atoms. The Kier molecular flexibility index (Phi) is 5.55. The first kappa shape index (κ1) is 20.8. The maximum atomic E-state index is 12.6. The van der Waals surface area contributed by atoms with E-state index >= 15 is 0 Å². The summed E-state index contributed by atoms with van der Waals surface area (Å²) in [6.45, 7) is 6.58. The van der Waals surface area contributed by atoms with Crippen LogP contribution in [0.1, 0.15) is 72.1 Å². The molecule has 0 unspecified atom stereocenters. The number of hydrogen-bond donors (Lipinski definition) is 1. The van der Waals surface area contributed by atoms with Crippen molar-refractivity contribution in [1.82, 2.24) is 5.32 Å². The number of hydrogen-bond acceptors (Lipinski definition) is 6. The molecular formula is C21H31N3O4. The first-order chi connectivity index (χ1) is 13.2. The number of nitrogens with zero attached hydrogens (tertiary/aromatic N) is 2. The van der Waals surface area contributed by atoms with Gasteiger partial charge in [0.25, 0.3) is 0 Å². The normalized spacial score (nSPS) is 31.1. The van der Waals surface area contributed by atoms with Crippen molar-refractivity contribution in [3.05, 3.63) is 0 Å². The largest absolute Gasteiger partial charge is 0.465 e. The third-order valence-corrected chi connectivity index (χ3v) is 6.72. The van der Waals surface area contributed by atoms with Gasteiger partial charge in [0.2, 0.25) is 5.91 Å². The van der Waals surface area contributed by atoms with Gasteiger partial charge in [0, 0.05) is 32.2 Å². The SMILES string of the molecule is C#CCCC1(CCC(=O)NCC23CCC(C(=O)OCC)(CC2)C(C)(C)O3)N=N1. The molecular weight excluding hydrogens is 358 g/mol. The molecule has 1 aliphatic carbocycles. The molecule has 0 atom stereocenters. The van der Waals surface area contributed by atoms with Crippen LogP contribution in [-0.4, -0.2) is 41.9 Å². The van der Waals surface area contributed by atoms with E-state index in [4.69, 9.17) is 15.9 Å². The minimum absolute atomic E-state index is 0.0269. The highest BCUT2D eigenvalue weighted by Gasteiger charge is 2.64. The second kappa shape index (κ2) is 7.47. The number of terminal acetylenes is 1. The Morgan fingerprint density at radius 2 is 1.86 bits per heavy atom. The molecule has 3 aliphatic heterocycles. The van der Waals surface area contributed by atoms with Crippen LogP contribution in [-0.2, 0) is 19.1 Å². The highest BCUT2D eigenvalue weighted by Crippen LogP contribution is 2.58. The van der Waals surface area contributed by atoms with E-state index < -0.39 is 22.3 Å². The fourth-order valence-electron chi connectivity index (χ4n) is 4.74. The van der Waals surface area contributed by atoms with E-state index in [-0.39, 0.29) is 11.9 Å². The predicted molar refractivity (Wildman–Crippen MR) is 103 cm³/mol. The Labute approximate surface area is 167 Å². The van der Waals surface area contributed by atoms with Gasteiger partial charge in [0.15, 0.2) is 5.66 Å².